The molecule has 0 radical (unpaired) electrons. The number of benzene rings is 1. The zero-order valence-electron chi connectivity index (χ0n) is 10.9. The number of hydrogen-bond acceptors (Lipinski definition) is 5. The van der Waals surface area contributed by atoms with E-state index in [9.17, 15) is 18.0 Å². The van der Waals surface area contributed by atoms with E-state index in [0.29, 0.717) is 0 Å². The largest absolute Gasteiger partial charge is 0.465 e. The summed E-state index contributed by atoms with van der Waals surface area (Å²) in [5.74, 6) is -1.27. The van der Waals surface area contributed by atoms with Gasteiger partial charge in [0.15, 0.2) is 9.84 Å². The van der Waals surface area contributed by atoms with Crippen LogP contribution in [0.4, 0.5) is 0 Å². The third-order valence-corrected chi connectivity index (χ3v) is 3.61. The van der Waals surface area contributed by atoms with Crippen molar-refractivity contribution in [1.82, 2.24) is 5.32 Å². The summed E-state index contributed by atoms with van der Waals surface area (Å²) < 4.78 is 28.2. The summed E-state index contributed by atoms with van der Waals surface area (Å²) in [5, 5.41) is 3.02. The Kier molecular flexibility index (Phi) is 5.92. The first-order valence-electron chi connectivity index (χ1n) is 5.87. The molecule has 0 saturated heterocycles. The van der Waals surface area contributed by atoms with Gasteiger partial charge in [0.2, 0.25) is 5.91 Å². The zero-order valence-corrected chi connectivity index (χ0v) is 11.7. The number of nitrogens with one attached hydrogen (secondary N) is 1. The van der Waals surface area contributed by atoms with Gasteiger partial charge in [-0.25, -0.2) is 8.42 Å². The zero-order chi connectivity index (χ0) is 15.0. The molecule has 6 nitrogen and oxygen atoms in total. The second-order valence-electron chi connectivity index (χ2n) is 3.68. The van der Waals surface area contributed by atoms with Crippen molar-refractivity contribution in [2.24, 2.45) is 0 Å². The van der Waals surface area contributed by atoms with Gasteiger partial charge in [0, 0.05) is 11.5 Å². The van der Waals surface area contributed by atoms with Crippen molar-refractivity contribution < 1.29 is 22.7 Å². The average Bonchev–Trinajstić information content (AvgIpc) is 2.44. The normalized spacial score (nSPS) is 11.2. The molecule has 1 N–H and O–H groups in total. The van der Waals surface area contributed by atoms with Crippen LogP contribution in [0.5, 0.6) is 0 Å². The fourth-order valence-electron chi connectivity index (χ4n) is 1.27. The minimum Gasteiger partial charge on any atom is -0.465 e. The van der Waals surface area contributed by atoms with Crippen LogP contribution in [0, 0.1) is 0 Å². The lowest BCUT2D eigenvalue weighted by Crippen LogP contribution is -2.29. The van der Waals surface area contributed by atoms with Crippen LogP contribution < -0.4 is 5.32 Å². The van der Waals surface area contributed by atoms with Gasteiger partial charge in [-0.3, -0.25) is 9.59 Å². The van der Waals surface area contributed by atoms with Crippen molar-refractivity contribution in [3.8, 4) is 0 Å². The predicted octanol–water partition coefficient (Wildman–Crippen LogP) is 0.653. The van der Waals surface area contributed by atoms with E-state index >= 15 is 0 Å². The quantitative estimate of drug-likeness (QED) is 0.615. The van der Waals surface area contributed by atoms with Crippen LogP contribution >= 0.6 is 0 Å². The molecule has 0 aliphatic carbocycles. The first-order valence-corrected chi connectivity index (χ1v) is 7.42. The van der Waals surface area contributed by atoms with Crippen LogP contribution in [0.15, 0.2) is 46.7 Å². The first-order chi connectivity index (χ1) is 9.45. The number of hydrogen-bond donors (Lipinski definition) is 1. The van der Waals surface area contributed by atoms with Crippen molar-refractivity contribution in [2.75, 3.05) is 13.2 Å². The molecule has 7 heteroatoms. The molecule has 0 aliphatic heterocycles. The van der Waals surface area contributed by atoms with Crippen molar-refractivity contribution in [3.05, 3.63) is 41.8 Å². The summed E-state index contributed by atoms with van der Waals surface area (Å²) in [6.07, 6.45) is 0.863. The van der Waals surface area contributed by atoms with E-state index < -0.39 is 21.7 Å². The number of carbonyl (C=O) groups excluding carboxylic acids is 2. The molecular weight excluding hydrogens is 282 g/mol. The lowest BCUT2D eigenvalue weighted by Gasteiger charge is -2.02. The van der Waals surface area contributed by atoms with Crippen molar-refractivity contribution in [1.29, 1.82) is 0 Å². The van der Waals surface area contributed by atoms with Gasteiger partial charge in [0.05, 0.1) is 11.5 Å². The minimum atomic E-state index is -3.66. The highest BCUT2D eigenvalue weighted by Crippen LogP contribution is 2.10. The van der Waals surface area contributed by atoms with E-state index in [1.54, 1.807) is 25.1 Å². The van der Waals surface area contributed by atoms with Gasteiger partial charge in [-0.2, -0.15) is 0 Å². The van der Waals surface area contributed by atoms with E-state index in [1.807, 2.05) is 0 Å². The molecule has 1 aromatic carbocycles. The lowest BCUT2D eigenvalue weighted by molar-refractivity contribution is -0.143. The second kappa shape index (κ2) is 7.44. The maximum Gasteiger partial charge on any atom is 0.325 e. The van der Waals surface area contributed by atoms with Gasteiger partial charge in [0.25, 0.3) is 0 Å². The molecule has 0 atom stereocenters. The van der Waals surface area contributed by atoms with E-state index in [4.69, 9.17) is 0 Å². The van der Waals surface area contributed by atoms with Gasteiger partial charge in [-0.05, 0) is 19.1 Å². The molecule has 0 aliphatic rings. The average molecular weight is 297 g/mol. The topological polar surface area (TPSA) is 89.5 Å². The van der Waals surface area contributed by atoms with E-state index in [0.717, 1.165) is 11.5 Å². The Balaban J connectivity index is 2.59. The maximum atomic E-state index is 11.8. The standard InChI is InChI=1S/C13H15NO5S/c1-2-19-13(16)10-14-12(15)8-9-20(17,18)11-6-4-3-5-7-11/h3-9H,2,10H2,1H3,(H,14,15)/b9-8+. The molecule has 1 amide bonds. The molecule has 0 saturated carbocycles. The fourth-order valence-corrected chi connectivity index (χ4v) is 2.27. The Morgan fingerprint density at radius 3 is 2.50 bits per heavy atom. The number of amides is 1. The third-order valence-electron chi connectivity index (χ3n) is 2.18. The molecule has 0 fully saturated rings. The number of sulfone groups is 1. The molecule has 108 valence electrons. The molecule has 0 heterocycles. The number of esters is 1. The summed E-state index contributed by atoms with van der Waals surface area (Å²) in [6.45, 7) is 1.56. The van der Waals surface area contributed by atoms with E-state index in [-0.39, 0.29) is 18.0 Å². The summed E-state index contributed by atoms with van der Waals surface area (Å²) in [7, 11) is -3.66. The molecular formula is C13H15NO5S. The molecule has 20 heavy (non-hydrogen) atoms. The van der Waals surface area contributed by atoms with E-state index in [1.165, 1.54) is 12.1 Å². The molecule has 0 aromatic heterocycles. The monoisotopic (exact) mass is 297 g/mol. The SMILES string of the molecule is CCOC(=O)CNC(=O)/C=C/S(=O)(=O)c1ccccc1. The Hall–Kier alpha value is -2.15. The number of ether oxygens (including phenoxy) is 1. The highest BCUT2D eigenvalue weighted by atomic mass is 32.2. The molecule has 1 rings (SSSR count). The minimum absolute atomic E-state index is 0.0921. The Morgan fingerprint density at radius 2 is 1.90 bits per heavy atom. The van der Waals surface area contributed by atoms with Crippen LogP contribution in [0.3, 0.4) is 0 Å². The lowest BCUT2D eigenvalue weighted by atomic mass is 10.4. The van der Waals surface area contributed by atoms with Crippen molar-refractivity contribution >= 4 is 21.7 Å². The van der Waals surface area contributed by atoms with Crippen LogP contribution in [0.2, 0.25) is 0 Å². The summed E-state index contributed by atoms with van der Waals surface area (Å²) in [4.78, 5) is 22.4. The first kappa shape index (κ1) is 15.9. The van der Waals surface area contributed by atoms with Gasteiger partial charge in [0.1, 0.15) is 6.54 Å². The summed E-state index contributed by atoms with van der Waals surface area (Å²) in [6, 6.07) is 7.71. The second-order valence-corrected chi connectivity index (χ2v) is 5.52. The number of rotatable bonds is 6. The fraction of sp³-hybridized carbons (Fsp3) is 0.231. The highest BCUT2D eigenvalue weighted by molar-refractivity contribution is 7.94. The molecule has 0 spiro atoms. The van der Waals surface area contributed by atoms with Crippen LogP contribution in [-0.4, -0.2) is 33.4 Å². The molecule has 1 aromatic rings. The summed E-state index contributed by atoms with van der Waals surface area (Å²) in [5.41, 5.74) is 0. The van der Waals surface area contributed by atoms with Crippen molar-refractivity contribution in [2.45, 2.75) is 11.8 Å². The number of carbonyl (C=O) groups is 2. The maximum absolute atomic E-state index is 11.8. The van der Waals surface area contributed by atoms with Gasteiger partial charge in [-0.15, -0.1) is 0 Å². The van der Waals surface area contributed by atoms with Crippen molar-refractivity contribution in [3.63, 3.8) is 0 Å². The Bertz CT molecular complexity index is 592. The highest BCUT2D eigenvalue weighted by Gasteiger charge is 2.10. The Labute approximate surface area is 117 Å². The third kappa shape index (κ3) is 5.23. The Morgan fingerprint density at radius 1 is 1.25 bits per heavy atom. The van der Waals surface area contributed by atoms with Crippen LogP contribution in [0.1, 0.15) is 6.92 Å². The molecule has 0 bridgehead atoms. The van der Waals surface area contributed by atoms with Gasteiger partial charge >= 0.3 is 5.97 Å². The van der Waals surface area contributed by atoms with E-state index in [2.05, 4.69) is 10.1 Å². The predicted molar refractivity (Wildman–Crippen MR) is 72.4 cm³/mol. The van der Waals surface area contributed by atoms with Gasteiger partial charge < -0.3 is 10.1 Å². The van der Waals surface area contributed by atoms with Gasteiger partial charge in [-0.1, -0.05) is 18.2 Å². The summed E-state index contributed by atoms with van der Waals surface area (Å²) >= 11 is 0. The molecule has 0 unspecified atom stereocenters. The smallest absolute Gasteiger partial charge is 0.325 e. The van der Waals surface area contributed by atoms with Crippen LogP contribution in [-0.2, 0) is 24.2 Å². The van der Waals surface area contributed by atoms with Crippen LogP contribution in [0.25, 0.3) is 0 Å².